The van der Waals surface area contributed by atoms with Gasteiger partial charge in [-0.1, -0.05) is 0 Å². The fraction of sp³-hybridized carbons (Fsp3) is 0.143. The van der Waals surface area contributed by atoms with Gasteiger partial charge < -0.3 is 15.4 Å². The Kier molecular flexibility index (Phi) is 4.14. The second-order valence-electron chi connectivity index (χ2n) is 3.97. The molecule has 20 heavy (non-hydrogen) atoms. The fourth-order valence-electron chi connectivity index (χ4n) is 1.73. The minimum absolute atomic E-state index is 0.0753. The lowest BCUT2D eigenvalue weighted by Crippen LogP contribution is -2.14. The van der Waals surface area contributed by atoms with Gasteiger partial charge in [-0.25, -0.2) is 4.39 Å². The highest BCUT2D eigenvalue weighted by molar-refractivity contribution is 6.07. The van der Waals surface area contributed by atoms with Gasteiger partial charge in [0.1, 0.15) is 0 Å². The van der Waals surface area contributed by atoms with Crippen LogP contribution in [0.4, 0.5) is 15.8 Å². The summed E-state index contributed by atoms with van der Waals surface area (Å²) in [4.78, 5) is 16.1. The molecule has 0 bridgehead atoms. The number of carbonyl (C=O) groups excluding carboxylic acids is 1. The molecule has 2 rings (SSSR count). The second-order valence-corrected chi connectivity index (χ2v) is 3.97. The summed E-state index contributed by atoms with van der Waals surface area (Å²) in [5.41, 5.74) is 1.51. The molecule has 0 spiro atoms. The quantitative estimate of drug-likeness (QED) is 0.900. The van der Waals surface area contributed by atoms with Crippen LogP contribution in [-0.2, 0) is 0 Å². The summed E-state index contributed by atoms with van der Waals surface area (Å²) in [5, 5.41) is 5.57. The van der Waals surface area contributed by atoms with Crippen LogP contribution in [0.15, 0.2) is 36.7 Å². The molecule has 0 aliphatic heterocycles. The maximum absolute atomic E-state index is 13.3. The van der Waals surface area contributed by atoms with Gasteiger partial charge in [-0.15, -0.1) is 0 Å². The van der Waals surface area contributed by atoms with Crippen molar-refractivity contribution in [3.05, 3.63) is 48.0 Å². The van der Waals surface area contributed by atoms with Crippen LogP contribution >= 0.6 is 0 Å². The molecule has 0 radical (unpaired) electrons. The van der Waals surface area contributed by atoms with E-state index in [0.29, 0.717) is 16.9 Å². The van der Waals surface area contributed by atoms with E-state index in [4.69, 9.17) is 4.74 Å². The number of benzene rings is 1. The van der Waals surface area contributed by atoms with Crippen molar-refractivity contribution in [2.24, 2.45) is 0 Å². The van der Waals surface area contributed by atoms with Gasteiger partial charge in [0, 0.05) is 25.0 Å². The molecule has 0 aliphatic carbocycles. The SMILES string of the molecule is CNc1cnccc1C(=O)Nc1ccc(F)c(OC)c1. The largest absolute Gasteiger partial charge is 0.494 e. The monoisotopic (exact) mass is 275 g/mol. The molecule has 0 fully saturated rings. The Balaban J connectivity index is 2.23. The third kappa shape index (κ3) is 2.85. The minimum atomic E-state index is -0.481. The number of anilines is 2. The van der Waals surface area contributed by atoms with Gasteiger partial charge in [0.25, 0.3) is 5.91 Å². The van der Waals surface area contributed by atoms with E-state index in [1.807, 2.05) is 0 Å². The number of aromatic nitrogens is 1. The lowest BCUT2D eigenvalue weighted by Gasteiger charge is -2.10. The van der Waals surface area contributed by atoms with Gasteiger partial charge >= 0.3 is 0 Å². The van der Waals surface area contributed by atoms with Crippen molar-refractivity contribution >= 4 is 17.3 Å². The molecule has 2 aromatic rings. The van der Waals surface area contributed by atoms with E-state index in [-0.39, 0.29) is 11.7 Å². The molecule has 6 heteroatoms. The van der Waals surface area contributed by atoms with Gasteiger partial charge in [0.05, 0.1) is 24.6 Å². The van der Waals surface area contributed by atoms with Crippen molar-refractivity contribution in [3.63, 3.8) is 0 Å². The topological polar surface area (TPSA) is 63.2 Å². The number of methoxy groups -OCH3 is 1. The zero-order valence-electron chi connectivity index (χ0n) is 11.1. The van der Waals surface area contributed by atoms with Gasteiger partial charge in [-0.2, -0.15) is 0 Å². The Morgan fingerprint density at radius 2 is 2.15 bits per heavy atom. The number of amides is 1. The summed E-state index contributed by atoms with van der Waals surface area (Å²) in [6, 6.07) is 5.73. The molecule has 104 valence electrons. The van der Waals surface area contributed by atoms with E-state index < -0.39 is 5.82 Å². The van der Waals surface area contributed by atoms with Gasteiger partial charge in [-0.3, -0.25) is 9.78 Å². The van der Waals surface area contributed by atoms with Crippen molar-refractivity contribution in [2.45, 2.75) is 0 Å². The summed E-state index contributed by atoms with van der Waals surface area (Å²) in [6.45, 7) is 0. The number of rotatable bonds is 4. The zero-order valence-corrected chi connectivity index (χ0v) is 11.1. The number of hydrogen-bond acceptors (Lipinski definition) is 4. The summed E-state index contributed by atoms with van der Waals surface area (Å²) < 4.78 is 18.2. The first-order chi connectivity index (χ1) is 9.65. The molecule has 0 atom stereocenters. The Labute approximate surface area is 115 Å². The highest BCUT2D eigenvalue weighted by atomic mass is 19.1. The summed E-state index contributed by atoms with van der Waals surface area (Å²) in [7, 11) is 3.07. The van der Waals surface area contributed by atoms with Crippen LogP contribution < -0.4 is 15.4 Å². The standard InChI is InChI=1S/C14H14FN3O2/c1-16-12-8-17-6-5-10(12)14(19)18-9-3-4-11(15)13(7-9)20-2/h3-8,16H,1-2H3,(H,18,19). The van der Waals surface area contributed by atoms with Crippen LogP contribution in [0.1, 0.15) is 10.4 Å². The van der Waals surface area contributed by atoms with E-state index in [9.17, 15) is 9.18 Å². The second kappa shape index (κ2) is 6.01. The van der Waals surface area contributed by atoms with Crippen molar-refractivity contribution in [2.75, 3.05) is 24.8 Å². The van der Waals surface area contributed by atoms with Crippen LogP contribution in [0.25, 0.3) is 0 Å². The Hall–Kier alpha value is -2.63. The summed E-state index contributed by atoms with van der Waals surface area (Å²) in [6.07, 6.45) is 3.08. The molecular formula is C14H14FN3O2. The first kappa shape index (κ1) is 13.8. The first-order valence-electron chi connectivity index (χ1n) is 5.92. The molecule has 0 saturated carbocycles. The number of hydrogen-bond donors (Lipinski definition) is 2. The maximum Gasteiger partial charge on any atom is 0.257 e. The molecule has 1 amide bonds. The smallest absolute Gasteiger partial charge is 0.257 e. The molecule has 0 aliphatic rings. The molecule has 1 aromatic heterocycles. The summed E-state index contributed by atoms with van der Waals surface area (Å²) in [5.74, 6) is -0.720. The van der Waals surface area contributed by atoms with E-state index in [1.54, 1.807) is 19.3 Å². The molecule has 2 N–H and O–H groups in total. The van der Waals surface area contributed by atoms with E-state index >= 15 is 0 Å². The van der Waals surface area contributed by atoms with Gasteiger partial charge in [-0.05, 0) is 18.2 Å². The maximum atomic E-state index is 13.3. The predicted molar refractivity (Wildman–Crippen MR) is 74.7 cm³/mol. The zero-order chi connectivity index (χ0) is 14.5. The van der Waals surface area contributed by atoms with E-state index in [2.05, 4.69) is 15.6 Å². The third-order valence-electron chi connectivity index (χ3n) is 2.74. The first-order valence-corrected chi connectivity index (χ1v) is 5.92. The predicted octanol–water partition coefficient (Wildman–Crippen LogP) is 2.52. The Morgan fingerprint density at radius 1 is 1.35 bits per heavy atom. The van der Waals surface area contributed by atoms with Crippen molar-refractivity contribution in [1.82, 2.24) is 4.98 Å². The molecule has 0 unspecified atom stereocenters. The van der Waals surface area contributed by atoms with Crippen molar-refractivity contribution in [3.8, 4) is 5.75 Å². The van der Waals surface area contributed by atoms with Crippen LogP contribution in [0.5, 0.6) is 5.75 Å². The molecule has 1 heterocycles. The van der Waals surface area contributed by atoms with E-state index in [1.165, 1.54) is 31.5 Å². The summed E-state index contributed by atoms with van der Waals surface area (Å²) >= 11 is 0. The van der Waals surface area contributed by atoms with Crippen LogP contribution in [0.2, 0.25) is 0 Å². The highest BCUT2D eigenvalue weighted by Crippen LogP contribution is 2.22. The number of ether oxygens (including phenoxy) is 1. The third-order valence-corrected chi connectivity index (χ3v) is 2.74. The highest BCUT2D eigenvalue weighted by Gasteiger charge is 2.12. The average Bonchev–Trinajstić information content (AvgIpc) is 2.49. The molecule has 0 saturated heterocycles. The number of nitrogens with one attached hydrogen (secondary N) is 2. The number of halogens is 1. The molecule has 1 aromatic carbocycles. The average molecular weight is 275 g/mol. The molecule has 5 nitrogen and oxygen atoms in total. The van der Waals surface area contributed by atoms with Crippen LogP contribution in [-0.4, -0.2) is 25.0 Å². The van der Waals surface area contributed by atoms with E-state index in [0.717, 1.165) is 0 Å². The van der Waals surface area contributed by atoms with Crippen LogP contribution in [0.3, 0.4) is 0 Å². The number of pyridine rings is 1. The van der Waals surface area contributed by atoms with Gasteiger partial charge in [0.15, 0.2) is 11.6 Å². The molecular weight excluding hydrogens is 261 g/mol. The Bertz CT molecular complexity index is 632. The number of nitrogens with zero attached hydrogens (tertiary/aromatic N) is 1. The van der Waals surface area contributed by atoms with Crippen molar-refractivity contribution < 1.29 is 13.9 Å². The number of carbonyl (C=O) groups is 1. The fourth-order valence-corrected chi connectivity index (χ4v) is 1.73. The Morgan fingerprint density at radius 3 is 2.85 bits per heavy atom. The van der Waals surface area contributed by atoms with Crippen LogP contribution in [0, 0.1) is 5.82 Å². The lowest BCUT2D eigenvalue weighted by molar-refractivity contribution is 0.102. The normalized spacial score (nSPS) is 9.95. The lowest BCUT2D eigenvalue weighted by atomic mass is 10.2. The van der Waals surface area contributed by atoms with Gasteiger partial charge in [0.2, 0.25) is 0 Å². The van der Waals surface area contributed by atoms with Crippen molar-refractivity contribution in [1.29, 1.82) is 0 Å². The minimum Gasteiger partial charge on any atom is -0.494 e.